The first kappa shape index (κ1) is 10.9. The fourth-order valence-corrected chi connectivity index (χ4v) is 2.15. The highest BCUT2D eigenvalue weighted by Gasteiger charge is 2.15. The molecule has 2 aromatic rings. The van der Waals surface area contributed by atoms with E-state index in [-0.39, 0.29) is 0 Å². The van der Waals surface area contributed by atoms with Crippen LogP contribution in [-0.2, 0) is 4.79 Å². The van der Waals surface area contributed by atoms with E-state index in [1.54, 1.807) is 23.5 Å². The predicted octanol–water partition coefficient (Wildman–Crippen LogP) is 2.53. The Labute approximate surface area is 96.6 Å². The molecule has 0 aliphatic rings. The van der Waals surface area contributed by atoms with E-state index in [4.69, 9.17) is 5.11 Å². The van der Waals surface area contributed by atoms with Crippen molar-refractivity contribution in [1.82, 2.24) is 0 Å². The molecule has 1 aromatic heterocycles. The van der Waals surface area contributed by atoms with Crippen molar-refractivity contribution in [3.8, 4) is 10.4 Å². The number of carboxylic acids is 1. The summed E-state index contributed by atoms with van der Waals surface area (Å²) in [7, 11) is 0. The van der Waals surface area contributed by atoms with E-state index in [1.807, 2.05) is 29.6 Å². The zero-order valence-electron chi connectivity index (χ0n) is 8.33. The van der Waals surface area contributed by atoms with Crippen molar-refractivity contribution in [2.24, 2.45) is 0 Å². The normalized spacial score (nSPS) is 12.3. The van der Waals surface area contributed by atoms with Crippen LogP contribution in [0.3, 0.4) is 0 Å². The molecule has 0 saturated heterocycles. The summed E-state index contributed by atoms with van der Waals surface area (Å²) in [5.74, 6) is -1.23. The van der Waals surface area contributed by atoms with E-state index in [9.17, 15) is 9.90 Å². The molecule has 2 rings (SSSR count). The standard InChI is InChI=1S/C12H10O3S/c13-11(12(14)15)9-5-3-8(4-6-9)10-2-1-7-16-10/h1-7,11,13H,(H,14,15). The molecule has 0 amide bonds. The van der Waals surface area contributed by atoms with Gasteiger partial charge >= 0.3 is 5.97 Å². The van der Waals surface area contributed by atoms with Crippen LogP contribution in [-0.4, -0.2) is 16.2 Å². The summed E-state index contributed by atoms with van der Waals surface area (Å²) in [5, 5.41) is 19.9. The van der Waals surface area contributed by atoms with Gasteiger partial charge in [-0.2, -0.15) is 0 Å². The van der Waals surface area contributed by atoms with Gasteiger partial charge in [-0.05, 0) is 22.6 Å². The summed E-state index contributed by atoms with van der Waals surface area (Å²) >= 11 is 1.62. The van der Waals surface area contributed by atoms with Crippen molar-refractivity contribution >= 4 is 17.3 Å². The minimum absolute atomic E-state index is 0.396. The second-order valence-corrected chi connectivity index (χ2v) is 4.29. The van der Waals surface area contributed by atoms with Gasteiger partial charge in [-0.25, -0.2) is 4.79 Å². The summed E-state index contributed by atoms with van der Waals surface area (Å²) in [5.41, 5.74) is 1.42. The number of aliphatic hydroxyl groups excluding tert-OH is 1. The molecule has 2 N–H and O–H groups in total. The molecule has 0 bridgehead atoms. The third-order valence-electron chi connectivity index (χ3n) is 2.27. The quantitative estimate of drug-likeness (QED) is 0.858. The minimum atomic E-state index is -1.45. The van der Waals surface area contributed by atoms with Crippen LogP contribution in [0.1, 0.15) is 11.7 Å². The molecule has 1 atom stereocenters. The third kappa shape index (κ3) is 2.13. The summed E-state index contributed by atoms with van der Waals surface area (Å²) in [6.07, 6.45) is -1.45. The molecule has 1 heterocycles. The molecule has 0 spiro atoms. The van der Waals surface area contributed by atoms with Crippen LogP contribution in [0, 0.1) is 0 Å². The predicted molar refractivity (Wildman–Crippen MR) is 62.4 cm³/mol. The van der Waals surface area contributed by atoms with E-state index in [0.29, 0.717) is 5.56 Å². The average molecular weight is 234 g/mol. The highest BCUT2D eigenvalue weighted by Crippen LogP contribution is 2.25. The lowest BCUT2D eigenvalue weighted by atomic mass is 10.1. The number of aliphatic hydroxyl groups is 1. The van der Waals surface area contributed by atoms with E-state index >= 15 is 0 Å². The second kappa shape index (κ2) is 4.47. The monoisotopic (exact) mass is 234 g/mol. The van der Waals surface area contributed by atoms with Crippen molar-refractivity contribution in [1.29, 1.82) is 0 Å². The fraction of sp³-hybridized carbons (Fsp3) is 0.0833. The highest BCUT2D eigenvalue weighted by atomic mass is 32.1. The van der Waals surface area contributed by atoms with E-state index in [1.165, 1.54) is 0 Å². The van der Waals surface area contributed by atoms with Gasteiger partial charge in [0.15, 0.2) is 6.10 Å². The lowest BCUT2D eigenvalue weighted by Gasteiger charge is -2.06. The molecule has 0 aliphatic carbocycles. The first-order valence-corrected chi connectivity index (χ1v) is 5.61. The number of carboxylic acid groups (broad SMARTS) is 1. The highest BCUT2D eigenvalue weighted by molar-refractivity contribution is 7.13. The molecular formula is C12H10O3S. The molecule has 0 radical (unpaired) electrons. The van der Waals surface area contributed by atoms with Crippen molar-refractivity contribution in [3.05, 3.63) is 47.3 Å². The summed E-state index contributed by atoms with van der Waals surface area (Å²) in [6, 6.07) is 10.8. The lowest BCUT2D eigenvalue weighted by molar-refractivity contribution is -0.146. The van der Waals surface area contributed by atoms with Crippen LogP contribution in [0.25, 0.3) is 10.4 Å². The summed E-state index contributed by atoms with van der Waals surface area (Å²) in [6.45, 7) is 0. The van der Waals surface area contributed by atoms with Crippen molar-refractivity contribution in [2.45, 2.75) is 6.10 Å². The Bertz CT molecular complexity index is 473. The smallest absolute Gasteiger partial charge is 0.337 e. The molecule has 82 valence electrons. The molecule has 1 aromatic carbocycles. The Morgan fingerprint density at radius 2 is 1.88 bits per heavy atom. The van der Waals surface area contributed by atoms with Crippen molar-refractivity contribution in [2.75, 3.05) is 0 Å². The first-order valence-electron chi connectivity index (χ1n) is 4.73. The van der Waals surface area contributed by atoms with Gasteiger partial charge < -0.3 is 10.2 Å². The molecule has 0 aliphatic heterocycles. The number of aliphatic carboxylic acids is 1. The number of rotatable bonds is 3. The lowest BCUT2D eigenvalue weighted by Crippen LogP contribution is -2.09. The van der Waals surface area contributed by atoms with Gasteiger partial charge in [0, 0.05) is 4.88 Å². The topological polar surface area (TPSA) is 57.5 Å². The van der Waals surface area contributed by atoms with Crippen molar-refractivity contribution < 1.29 is 15.0 Å². The minimum Gasteiger partial charge on any atom is -0.479 e. The van der Waals surface area contributed by atoms with Crippen LogP contribution in [0.15, 0.2) is 41.8 Å². The SMILES string of the molecule is O=C(O)C(O)c1ccc(-c2cccs2)cc1. The van der Waals surface area contributed by atoms with Crippen molar-refractivity contribution in [3.63, 3.8) is 0 Å². The Balaban J connectivity index is 2.26. The first-order chi connectivity index (χ1) is 7.68. The fourth-order valence-electron chi connectivity index (χ4n) is 1.42. The van der Waals surface area contributed by atoms with Crippen LogP contribution in [0.5, 0.6) is 0 Å². The van der Waals surface area contributed by atoms with Crippen LogP contribution >= 0.6 is 11.3 Å². The molecule has 1 unspecified atom stereocenters. The number of thiophene rings is 1. The molecule has 0 fully saturated rings. The van der Waals surface area contributed by atoms with Gasteiger partial charge in [-0.15, -0.1) is 11.3 Å². The largest absolute Gasteiger partial charge is 0.479 e. The van der Waals surface area contributed by atoms with Gasteiger partial charge in [0.05, 0.1) is 0 Å². The molecule has 4 heteroatoms. The Hall–Kier alpha value is -1.65. The number of hydrogen-bond acceptors (Lipinski definition) is 3. The van der Waals surface area contributed by atoms with Crippen LogP contribution in [0.2, 0.25) is 0 Å². The van der Waals surface area contributed by atoms with Gasteiger partial charge in [-0.1, -0.05) is 30.3 Å². The Kier molecular flexibility index (Phi) is 3.03. The third-order valence-corrected chi connectivity index (χ3v) is 3.18. The zero-order valence-corrected chi connectivity index (χ0v) is 9.15. The van der Waals surface area contributed by atoms with E-state index in [2.05, 4.69) is 0 Å². The van der Waals surface area contributed by atoms with Gasteiger partial charge in [0.1, 0.15) is 0 Å². The van der Waals surface area contributed by atoms with Crippen LogP contribution in [0.4, 0.5) is 0 Å². The number of hydrogen-bond donors (Lipinski definition) is 2. The van der Waals surface area contributed by atoms with E-state index < -0.39 is 12.1 Å². The summed E-state index contributed by atoms with van der Waals surface area (Å²) < 4.78 is 0. The second-order valence-electron chi connectivity index (χ2n) is 3.34. The maximum atomic E-state index is 10.6. The summed E-state index contributed by atoms with van der Waals surface area (Å²) in [4.78, 5) is 11.7. The van der Waals surface area contributed by atoms with Crippen LogP contribution < -0.4 is 0 Å². The molecular weight excluding hydrogens is 224 g/mol. The van der Waals surface area contributed by atoms with Gasteiger partial charge in [0.25, 0.3) is 0 Å². The molecule has 3 nitrogen and oxygen atoms in total. The molecule has 16 heavy (non-hydrogen) atoms. The van der Waals surface area contributed by atoms with Gasteiger partial charge in [0.2, 0.25) is 0 Å². The Morgan fingerprint density at radius 1 is 1.19 bits per heavy atom. The number of carbonyl (C=O) groups is 1. The average Bonchev–Trinajstić information content (AvgIpc) is 2.81. The van der Waals surface area contributed by atoms with E-state index in [0.717, 1.165) is 10.4 Å². The zero-order chi connectivity index (χ0) is 11.5. The molecule has 0 saturated carbocycles. The number of benzene rings is 1. The maximum Gasteiger partial charge on any atom is 0.337 e. The Morgan fingerprint density at radius 3 is 2.38 bits per heavy atom. The van der Waals surface area contributed by atoms with Gasteiger partial charge in [-0.3, -0.25) is 0 Å². The maximum absolute atomic E-state index is 10.6.